The highest BCUT2D eigenvalue weighted by Crippen LogP contribution is 2.23. The lowest BCUT2D eigenvalue weighted by atomic mass is 10.3. The molecular weight excluding hydrogens is 340 g/mol. The van der Waals surface area contributed by atoms with Gasteiger partial charge in [-0.1, -0.05) is 18.3 Å². The zero-order chi connectivity index (χ0) is 18.2. The number of aromatic nitrogens is 1. The van der Waals surface area contributed by atoms with Crippen LogP contribution < -0.4 is 9.54 Å². The summed E-state index contributed by atoms with van der Waals surface area (Å²) in [6.45, 7) is 7.03. The number of carbonyl (C=O) groups excluding carboxylic acids is 2. The Morgan fingerprint density at radius 3 is 2.64 bits per heavy atom. The normalized spacial score (nSPS) is 11.7. The van der Waals surface area contributed by atoms with Crippen molar-refractivity contribution < 1.29 is 19.1 Å². The molecule has 1 amide bonds. The predicted octanol–water partition coefficient (Wildman–Crippen LogP) is 3.28. The highest BCUT2D eigenvalue weighted by atomic mass is 32.1. The topological polar surface area (TPSA) is 69.9 Å². The highest BCUT2D eigenvalue weighted by molar-refractivity contribution is 7.16. The minimum Gasteiger partial charge on any atom is -0.494 e. The second-order valence-corrected chi connectivity index (χ2v) is 6.42. The fraction of sp³-hybridized carbons (Fsp3) is 0.500. The first-order valence-electron chi connectivity index (χ1n) is 8.58. The summed E-state index contributed by atoms with van der Waals surface area (Å²) < 4.78 is 13.4. The number of amides is 1. The highest BCUT2D eigenvalue weighted by Gasteiger charge is 2.11. The van der Waals surface area contributed by atoms with E-state index in [2.05, 4.69) is 4.99 Å². The molecule has 0 atom stereocenters. The number of rotatable bonds is 8. The lowest BCUT2D eigenvalue weighted by Gasteiger charge is -2.06. The lowest BCUT2D eigenvalue weighted by Crippen LogP contribution is -2.19. The quantitative estimate of drug-likeness (QED) is 0.674. The molecule has 25 heavy (non-hydrogen) atoms. The fourth-order valence-corrected chi connectivity index (χ4v) is 3.53. The number of hydrogen-bond acceptors (Lipinski definition) is 5. The Bertz CT molecular complexity index is 807. The van der Waals surface area contributed by atoms with Gasteiger partial charge in [-0.2, -0.15) is 4.99 Å². The van der Waals surface area contributed by atoms with E-state index in [1.54, 1.807) is 6.92 Å². The van der Waals surface area contributed by atoms with Crippen molar-refractivity contribution in [1.29, 1.82) is 0 Å². The van der Waals surface area contributed by atoms with Crippen LogP contribution in [0.1, 0.15) is 40.0 Å². The zero-order valence-corrected chi connectivity index (χ0v) is 15.7. The summed E-state index contributed by atoms with van der Waals surface area (Å²) in [4.78, 5) is 28.5. The molecule has 0 radical (unpaired) electrons. The predicted molar refractivity (Wildman–Crippen MR) is 97.7 cm³/mol. The second kappa shape index (κ2) is 9.36. The van der Waals surface area contributed by atoms with Gasteiger partial charge in [0.1, 0.15) is 5.75 Å². The number of aryl methyl sites for hydroxylation is 1. The SMILES string of the molecule is CCCC(=O)N=c1sc2cc(OCC)ccc2n1CCC(=O)OCC. The molecule has 0 aliphatic heterocycles. The molecule has 1 aromatic heterocycles. The molecule has 0 unspecified atom stereocenters. The Kier molecular flexibility index (Phi) is 7.18. The van der Waals surface area contributed by atoms with E-state index in [1.165, 1.54) is 11.3 Å². The van der Waals surface area contributed by atoms with Gasteiger partial charge in [0.25, 0.3) is 0 Å². The molecule has 0 spiro atoms. The van der Waals surface area contributed by atoms with Crippen LogP contribution >= 0.6 is 11.3 Å². The van der Waals surface area contributed by atoms with E-state index in [4.69, 9.17) is 9.47 Å². The Morgan fingerprint density at radius 2 is 1.96 bits per heavy atom. The average Bonchev–Trinajstić information content (AvgIpc) is 2.90. The standard InChI is InChI=1S/C18H24N2O4S/c1-4-7-16(21)19-18-20(11-10-17(22)24-6-3)14-9-8-13(23-5-2)12-15(14)25-18/h8-9,12H,4-7,10-11H2,1-3H3. The van der Waals surface area contributed by atoms with E-state index in [0.717, 1.165) is 22.4 Å². The number of benzene rings is 1. The summed E-state index contributed by atoms with van der Waals surface area (Å²) in [5.74, 6) is 0.371. The molecule has 1 heterocycles. The number of esters is 1. The zero-order valence-electron chi connectivity index (χ0n) is 14.9. The average molecular weight is 364 g/mol. The van der Waals surface area contributed by atoms with Gasteiger partial charge in [-0.05, 0) is 38.5 Å². The third kappa shape index (κ3) is 5.16. The molecular formula is C18H24N2O4S. The Labute approximate surface area is 151 Å². The van der Waals surface area contributed by atoms with Crippen LogP contribution in [0.15, 0.2) is 23.2 Å². The summed E-state index contributed by atoms with van der Waals surface area (Å²) in [7, 11) is 0. The minimum atomic E-state index is -0.258. The monoisotopic (exact) mass is 364 g/mol. The number of hydrogen-bond donors (Lipinski definition) is 0. The van der Waals surface area contributed by atoms with Gasteiger partial charge in [0.15, 0.2) is 4.80 Å². The van der Waals surface area contributed by atoms with Crippen LogP contribution in [-0.2, 0) is 20.9 Å². The van der Waals surface area contributed by atoms with Crippen LogP contribution in [-0.4, -0.2) is 29.7 Å². The number of ether oxygens (including phenoxy) is 2. The van der Waals surface area contributed by atoms with Gasteiger partial charge in [0.05, 0.1) is 29.9 Å². The van der Waals surface area contributed by atoms with E-state index in [-0.39, 0.29) is 18.3 Å². The Hall–Kier alpha value is -2.15. The largest absolute Gasteiger partial charge is 0.494 e. The molecule has 7 heteroatoms. The number of thiazole rings is 1. The van der Waals surface area contributed by atoms with E-state index >= 15 is 0 Å². The molecule has 1 aromatic carbocycles. The van der Waals surface area contributed by atoms with Crippen molar-refractivity contribution >= 4 is 33.4 Å². The summed E-state index contributed by atoms with van der Waals surface area (Å²) in [6.07, 6.45) is 1.41. The Balaban J connectivity index is 2.42. The molecule has 0 bridgehead atoms. The van der Waals surface area contributed by atoms with Crippen molar-refractivity contribution in [1.82, 2.24) is 4.57 Å². The maximum absolute atomic E-state index is 12.0. The molecule has 0 aliphatic rings. The molecule has 0 saturated heterocycles. The molecule has 2 rings (SSSR count). The van der Waals surface area contributed by atoms with Gasteiger partial charge in [-0.25, -0.2) is 0 Å². The van der Waals surface area contributed by atoms with Crippen LogP contribution in [0.4, 0.5) is 0 Å². The van der Waals surface area contributed by atoms with Crippen LogP contribution in [0.5, 0.6) is 5.75 Å². The van der Waals surface area contributed by atoms with Crippen LogP contribution in [0.25, 0.3) is 10.2 Å². The first kappa shape index (κ1) is 19.2. The summed E-state index contributed by atoms with van der Waals surface area (Å²) in [6, 6.07) is 5.76. The molecule has 0 N–H and O–H groups in total. The fourth-order valence-electron chi connectivity index (χ4n) is 2.42. The molecule has 0 fully saturated rings. The second-order valence-electron chi connectivity index (χ2n) is 5.41. The van der Waals surface area contributed by atoms with Gasteiger partial charge in [-0.3, -0.25) is 9.59 Å². The molecule has 0 aliphatic carbocycles. The van der Waals surface area contributed by atoms with E-state index < -0.39 is 0 Å². The third-order valence-electron chi connectivity index (χ3n) is 3.49. The van der Waals surface area contributed by atoms with Crippen molar-refractivity contribution in [2.24, 2.45) is 4.99 Å². The van der Waals surface area contributed by atoms with Crippen molar-refractivity contribution in [3.05, 3.63) is 23.0 Å². The third-order valence-corrected chi connectivity index (χ3v) is 4.54. The van der Waals surface area contributed by atoms with Gasteiger partial charge in [-0.15, -0.1) is 0 Å². The minimum absolute atomic E-state index is 0.149. The summed E-state index contributed by atoms with van der Waals surface area (Å²) >= 11 is 1.43. The lowest BCUT2D eigenvalue weighted by molar-refractivity contribution is -0.143. The van der Waals surface area contributed by atoms with E-state index in [1.807, 2.05) is 36.6 Å². The van der Waals surface area contributed by atoms with E-state index in [9.17, 15) is 9.59 Å². The number of carbonyl (C=O) groups is 2. The van der Waals surface area contributed by atoms with Crippen LogP contribution in [0, 0.1) is 0 Å². The Morgan fingerprint density at radius 1 is 1.16 bits per heavy atom. The summed E-state index contributed by atoms with van der Waals surface area (Å²) in [5.41, 5.74) is 0.931. The van der Waals surface area contributed by atoms with Gasteiger partial charge < -0.3 is 14.0 Å². The molecule has 0 saturated carbocycles. The van der Waals surface area contributed by atoms with Crippen LogP contribution in [0.2, 0.25) is 0 Å². The van der Waals surface area contributed by atoms with Crippen LogP contribution in [0.3, 0.4) is 0 Å². The summed E-state index contributed by atoms with van der Waals surface area (Å²) in [5, 5.41) is 0. The van der Waals surface area contributed by atoms with Crippen molar-refractivity contribution in [3.8, 4) is 5.75 Å². The van der Waals surface area contributed by atoms with Gasteiger partial charge >= 0.3 is 5.97 Å². The molecule has 6 nitrogen and oxygen atoms in total. The van der Waals surface area contributed by atoms with Gasteiger partial charge in [0.2, 0.25) is 5.91 Å². The number of fused-ring (bicyclic) bond motifs is 1. The van der Waals surface area contributed by atoms with Crippen molar-refractivity contribution in [3.63, 3.8) is 0 Å². The molecule has 2 aromatic rings. The molecule has 136 valence electrons. The number of nitrogens with zero attached hydrogens (tertiary/aromatic N) is 2. The maximum Gasteiger partial charge on any atom is 0.307 e. The first-order chi connectivity index (χ1) is 12.1. The smallest absolute Gasteiger partial charge is 0.307 e. The van der Waals surface area contributed by atoms with Gasteiger partial charge in [0, 0.05) is 13.0 Å². The van der Waals surface area contributed by atoms with E-state index in [0.29, 0.717) is 31.0 Å². The van der Waals surface area contributed by atoms with Crippen molar-refractivity contribution in [2.75, 3.05) is 13.2 Å². The maximum atomic E-state index is 12.0. The first-order valence-corrected chi connectivity index (χ1v) is 9.40. The van der Waals surface area contributed by atoms with Crippen molar-refractivity contribution in [2.45, 2.75) is 46.6 Å².